The summed E-state index contributed by atoms with van der Waals surface area (Å²) in [6, 6.07) is 9.75. The third-order valence-corrected chi connectivity index (χ3v) is 3.17. The maximum Gasteiger partial charge on any atom is 0.129 e. The van der Waals surface area contributed by atoms with Crippen LogP contribution in [0.1, 0.15) is 0 Å². The smallest absolute Gasteiger partial charge is 0.129 e. The third kappa shape index (κ3) is 2.36. The summed E-state index contributed by atoms with van der Waals surface area (Å²) in [5, 5.41) is 3.82. The largest absolute Gasteiger partial charge is 0.386 e. The minimum Gasteiger partial charge on any atom is -0.386 e. The Bertz CT molecular complexity index is 497. The molecule has 0 spiro atoms. The van der Waals surface area contributed by atoms with Crippen LogP contribution in [0.4, 0.5) is 5.69 Å². The predicted molar refractivity (Wildman–Crippen MR) is 71.9 cm³/mol. The second kappa shape index (κ2) is 4.85. The van der Waals surface area contributed by atoms with Gasteiger partial charge in [-0.05, 0) is 39.7 Å². The molecule has 1 heterocycles. The zero-order valence-electron chi connectivity index (χ0n) is 8.67. The molecule has 0 bridgehead atoms. The van der Waals surface area contributed by atoms with Crippen LogP contribution in [-0.2, 0) is 0 Å². The van der Waals surface area contributed by atoms with Crippen LogP contribution in [0.5, 0.6) is 0 Å². The SMILES string of the molecule is CNc1cc(-c2ccc(Cl)cc2)cnc1Br. The zero-order valence-corrected chi connectivity index (χ0v) is 11.0. The lowest BCUT2D eigenvalue weighted by molar-refractivity contribution is 1.26. The number of hydrogen-bond donors (Lipinski definition) is 1. The highest BCUT2D eigenvalue weighted by Gasteiger charge is 2.03. The highest BCUT2D eigenvalue weighted by molar-refractivity contribution is 9.10. The molecule has 0 atom stereocenters. The number of rotatable bonds is 2. The first-order valence-corrected chi connectivity index (χ1v) is 5.97. The number of benzene rings is 1. The Morgan fingerprint density at radius 2 is 1.88 bits per heavy atom. The maximum atomic E-state index is 5.85. The highest BCUT2D eigenvalue weighted by Crippen LogP contribution is 2.27. The van der Waals surface area contributed by atoms with Crippen LogP contribution < -0.4 is 5.32 Å². The Labute approximate surface area is 108 Å². The van der Waals surface area contributed by atoms with Crippen LogP contribution in [0.2, 0.25) is 5.02 Å². The predicted octanol–water partition coefficient (Wildman–Crippen LogP) is 4.21. The van der Waals surface area contributed by atoms with Crippen molar-refractivity contribution in [3.63, 3.8) is 0 Å². The van der Waals surface area contributed by atoms with E-state index < -0.39 is 0 Å². The zero-order chi connectivity index (χ0) is 11.5. The Hall–Kier alpha value is -1.06. The topological polar surface area (TPSA) is 24.9 Å². The molecule has 0 aliphatic heterocycles. The lowest BCUT2D eigenvalue weighted by Crippen LogP contribution is -1.92. The number of hydrogen-bond acceptors (Lipinski definition) is 2. The molecule has 2 aromatic rings. The van der Waals surface area contributed by atoms with E-state index in [0.29, 0.717) is 0 Å². The number of nitrogens with zero attached hydrogens (tertiary/aromatic N) is 1. The molecule has 1 aromatic heterocycles. The average Bonchev–Trinajstić information content (AvgIpc) is 2.31. The van der Waals surface area contributed by atoms with Crippen LogP contribution in [0, 0.1) is 0 Å². The van der Waals surface area contributed by atoms with Gasteiger partial charge in [-0.15, -0.1) is 0 Å². The van der Waals surface area contributed by atoms with E-state index in [4.69, 9.17) is 11.6 Å². The fraction of sp³-hybridized carbons (Fsp3) is 0.0833. The van der Waals surface area contributed by atoms with Gasteiger partial charge in [0.25, 0.3) is 0 Å². The molecule has 0 saturated heterocycles. The van der Waals surface area contributed by atoms with Crippen molar-refractivity contribution in [3.05, 3.63) is 46.2 Å². The normalized spacial score (nSPS) is 10.2. The molecule has 82 valence electrons. The van der Waals surface area contributed by atoms with Crippen molar-refractivity contribution in [2.45, 2.75) is 0 Å². The van der Waals surface area contributed by atoms with Gasteiger partial charge in [-0.3, -0.25) is 0 Å². The number of anilines is 1. The van der Waals surface area contributed by atoms with Gasteiger partial charge in [0.2, 0.25) is 0 Å². The van der Waals surface area contributed by atoms with E-state index in [-0.39, 0.29) is 0 Å². The van der Waals surface area contributed by atoms with Crippen molar-refractivity contribution >= 4 is 33.2 Å². The first-order chi connectivity index (χ1) is 7.70. The average molecular weight is 298 g/mol. The van der Waals surface area contributed by atoms with Crippen molar-refractivity contribution in [1.82, 2.24) is 4.98 Å². The molecule has 0 aliphatic rings. The summed E-state index contributed by atoms with van der Waals surface area (Å²) in [5.74, 6) is 0. The van der Waals surface area contributed by atoms with Gasteiger partial charge in [0.05, 0.1) is 5.69 Å². The molecule has 0 radical (unpaired) electrons. The number of halogens is 2. The molecule has 16 heavy (non-hydrogen) atoms. The first-order valence-electron chi connectivity index (χ1n) is 4.80. The van der Waals surface area contributed by atoms with Gasteiger partial charge in [-0.2, -0.15) is 0 Å². The Morgan fingerprint density at radius 3 is 2.50 bits per heavy atom. The minimum atomic E-state index is 0.739. The molecule has 4 heteroatoms. The third-order valence-electron chi connectivity index (χ3n) is 2.29. The van der Waals surface area contributed by atoms with Crippen molar-refractivity contribution in [1.29, 1.82) is 0 Å². The monoisotopic (exact) mass is 296 g/mol. The molecule has 0 fully saturated rings. The Kier molecular flexibility index (Phi) is 3.46. The second-order valence-electron chi connectivity index (χ2n) is 3.32. The summed E-state index contributed by atoms with van der Waals surface area (Å²) in [6.07, 6.45) is 1.83. The molecule has 2 nitrogen and oxygen atoms in total. The molecule has 0 aliphatic carbocycles. The summed E-state index contributed by atoms with van der Waals surface area (Å²) < 4.78 is 0.813. The Morgan fingerprint density at radius 1 is 1.19 bits per heavy atom. The van der Waals surface area contributed by atoms with Crippen LogP contribution >= 0.6 is 27.5 Å². The van der Waals surface area contributed by atoms with Gasteiger partial charge in [0.15, 0.2) is 0 Å². The quantitative estimate of drug-likeness (QED) is 0.840. The number of nitrogens with one attached hydrogen (secondary N) is 1. The minimum absolute atomic E-state index is 0.739. The highest BCUT2D eigenvalue weighted by atomic mass is 79.9. The molecular formula is C12H10BrClN2. The molecule has 2 rings (SSSR count). The first kappa shape index (κ1) is 11.4. The summed E-state index contributed by atoms with van der Waals surface area (Å²) in [4.78, 5) is 4.27. The van der Waals surface area contributed by atoms with Gasteiger partial charge >= 0.3 is 0 Å². The summed E-state index contributed by atoms with van der Waals surface area (Å²) in [5.41, 5.74) is 3.12. The van der Waals surface area contributed by atoms with E-state index in [1.165, 1.54) is 0 Å². The van der Waals surface area contributed by atoms with Crippen LogP contribution in [0.25, 0.3) is 11.1 Å². The molecule has 1 aromatic carbocycles. The van der Waals surface area contributed by atoms with Crippen LogP contribution in [-0.4, -0.2) is 12.0 Å². The van der Waals surface area contributed by atoms with Gasteiger partial charge in [0.1, 0.15) is 4.60 Å². The number of pyridine rings is 1. The Balaban J connectivity index is 2.44. The summed E-state index contributed by atoms with van der Waals surface area (Å²) in [7, 11) is 1.87. The molecule has 0 saturated carbocycles. The summed E-state index contributed by atoms with van der Waals surface area (Å²) >= 11 is 9.23. The van der Waals surface area contributed by atoms with Crippen molar-refractivity contribution in [2.24, 2.45) is 0 Å². The van der Waals surface area contributed by atoms with Gasteiger partial charge in [-0.1, -0.05) is 23.7 Å². The fourth-order valence-corrected chi connectivity index (χ4v) is 1.96. The molecule has 0 amide bonds. The van der Waals surface area contributed by atoms with E-state index >= 15 is 0 Å². The van der Waals surface area contributed by atoms with Crippen LogP contribution in [0.3, 0.4) is 0 Å². The van der Waals surface area contributed by atoms with Gasteiger partial charge in [-0.25, -0.2) is 4.98 Å². The molecule has 1 N–H and O–H groups in total. The lowest BCUT2D eigenvalue weighted by atomic mass is 10.1. The maximum absolute atomic E-state index is 5.85. The van der Waals surface area contributed by atoms with E-state index in [0.717, 1.165) is 26.4 Å². The second-order valence-corrected chi connectivity index (χ2v) is 4.51. The summed E-state index contributed by atoms with van der Waals surface area (Å²) in [6.45, 7) is 0. The number of aromatic nitrogens is 1. The van der Waals surface area contributed by atoms with E-state index in [2.05, 4.69) is 26.2 Å². The van der Waals surface area contributed by atoms with Crippen molar-refractivity contribution in [3.8, 4) is 11.1 Å². The van der Waals surface area contributed by atoms with Crippen molar-refractivity contribution < 1.29 is 0 Å². The van der Waals surface area contributed by atoms with Crippen LogP contribution in [0.15, 0.2) is 41.1 Å². The van der Waals surface area contributed by atoms with Gasteiger partial charge in [0, 0.05) is 23.8 Å². The van der Waals surface area contributed by atoms with E-state index in [1.54, 1.807) is 0 Å². The fourth-order valence-electron chi connectivity index (χ4n) is 1.42. The van der Waals surface area contributed by atoms with Crippen molar-refractivity contribution in [2.75, 3.05) is 12.4 Å². The molecule has 0 unspecified atom stereocenters. The van der Waals surface area contributed by atoms with Gasteiger partial charge < -0.3 is 5.32 Å². The lowest BCUT2D eigenvalue weighted by Gasteiger charge is -2.06. The van der Waals surface area contributed by atoms with E-state index in [9.17, 15) is 0 Å². The molecular weight excluding hydrogens is 288 g/mol. The van der Waals surface area contributed by atoms with E-state index in [1.807, 2.05) is 43.6 Å². The standard InChI is InChI=1S/C12H10BrClN2/c1-15-11-6-9(7-16-12(11)13)8-2-4-10(14)5-3-8/h2-7,15H,1H3.